The van der Waals surface area contributed by atoms with Gasteiger partial charge in [0.15, 0.2) is 0 Å². The minimum Gasteiger partial charge on any atom is -0.497 e. The number of nitrogens with one attached hydrogen (secondary N) is 1. The van der Waals surface area contributed by atoms with Crippen LogP contribution >= 0.6 is 0 Å². The molecule has 2 heterocycles. The number of nitrogens with zero attached hydrogens (tertiary/aromatic N) is 3. The average Bonchev–Trinajstić information content (AvgIpc) is 2.89. The van der Waals surface area contributed by atoms with Gasteiger partial charge in [0.25, 0.3) is 0 Å². The highest BCUT2D eigenvalue weighted by Gasteiger charge is 2.18. The van der Waals surface area contributed by atoms with E-state index in [2.05, 4.69) is 32.2 Å². The number of rotatable bonds is 8. The molecule has 1 aromatic heterocycles. The standard InChI is InChI=1S/C27H30N4O3/c1-33-24-16-22(17-25(18-24)34-2)20-30-12-14-31(15-13-30)26-10-9-23(19-28-26)29-27(32)11-8-21-6-4-3-5-7-21/h3-11,16-19H,12-15,20H2,1-2H3,(H,29,32)/b11-8+. The fourth-order valence-electron chi connectivity index (χ4n) is 3.92. The van der Waals surface area contributed by atoms with E-state index < -0.39 is 0 Å². The van der Waals surface area contributed by atoms with E-state index in [0.717, 1.165) is 55.6 Å². The Morgan fingerprint density at radius 3 is 2.29 bits per heavy atom. The molecular formula is C27H30N4O3. The lowest BCUT2D eigenvalue weighted by molar-refractivity contribution is -0.111. The van der Waals surface area contributed by atoms with Crippen LogP contribution in [0, 0.1) is 0 Å². The zero-order valence-electron chi connectivity index (χ0n) is 19.6. The van der Waals surface area contributed by atoms with E-state index in [1.807, 2.05) is 48.5 Å². The summed E-state index contributed by atoms with van der Waals surface area (Å²) in [7, 11) is 3.34. The molecule has 1 N–H and O–H groups in total. The molecule has 1 aliphatic heterocycles. The molecule has 176 valence electrons. The maximum absolute atomic E-state index is 12.2. The minimum atomic E-state index is -0.179. The van der Waals surface area contributed by atoms with Crippen LogP contribution in [0.25, 0.3) is 6.08 Å². The van der Waals surface area contributed by atoms with Crippen molar-refractivity contribution in [2.75, 3.05) is 50.6 Å². The number of amides is 1. The third-order valence-corrected chi connectivity index (χ3v) is 5.76. The van der Waals surface area contributed by atoms with Crippen LogP contribution in [0.4, 0.5) is 11.5 Å². The molecule has 0 aliphatic carbocycles. The number of hydrogen-bond acceptors (Lipinski definition) is 6. The van der Waals surface area contributed by atoms with Gasteiger partial charge >= 0.3 is 0 Å². The Bertz CT molecular complexity index is 1090. The fraction of sp³-hybridized carbons (Fsp3) is 0.259. The number of carbonyl (C=O) groups is 1. The second-order valence-corrected chi connectivity index (χ2v) is 8.12. The molecule has 7 heteroatoms. The van der Waals surface area contributed by atoms with Gasteiger partial charge < -0.3 is 19.7 Å². The van der Waals surface area contributed by atoms with Crippen molar-refractivity contribution < 1.29 is 14.3 Å². The highest BCUT2D eigenvalue weighted by atomic mass is 16.5. The van der Waals surface area contributed by atoms with Crippen molar-refractivity contribution in [2.45, 2.75) is 6.54 Å². The van der Waals surface area contributed by atoms with Gasteiger partial charge in [-0.05, 0) is 41.5 Å². The average molecular weight is 459 g/mol. The Morgan fingerprint density at radius 2 is 1.68 bits per heavy atom. The van der Waals surface area contributed by atoms with E-state index >= 15 is 0 Å². The van der Waals surface area contributed by atoms with Crippen molar-refractivity contribution in [3.8, 4) is 11.5 Å². The van der Waals surface area contributed by atoms with Crippen LogP contribution in [-0.4, -0.2) is 56.2 Å². The molecule has 4 rings (SSSR count). The van der Waals surface area contributed by atoms with Crippen molar-refractivity contribution in [3.05, 3.63) is 84.1 Å². The van der Waals surface area contributed by atoms with E-state index in [1.54, 1.807) is 26.5 Å². The number of carbonyl (C=O) groups excluding carboxylic acids is 1. The number of pyridine rings is 1. The molecular weight excluding hydrogens is 428 g/mol. The van der Waals surface area contributed by atoms with E-state index in [9.17, 15) is 4.79 Å². The summed E-state index contributed by atoms with van der Waals surface area (Å²) in [5.74, 6) is 2.35. The summed E-state index contributed by atoms with van der Waals surface area (Å²) < 4.78 is 10.8. The summed E-state index contributed by atoms with van der Waals surface area (Å²) in [4.78, 5) is 21.4. The lowest BCUT2D eigenvalue weighted by Crippen LogP contribution is -2.46. The van der Waals surface area contributed by atoms with Gasteiger partial charge in [-0.25, -0.2) is 4.98 Å². The monoisotopic (exact) mass is 458 g/mol. The zero-order valence-corrected chi connectivity index (χ0v) is 19.6. The molecule has 0 spiro atoms. The summed E-state index contributed by atoms with van der Waals surface area (Å²) in [6.07, 6.45) is 5.02. The quantitative estimate of drug-likeness (QED) is 0.514. The fourth-order valence-corrected chi connectivity index (χ4v) is 3.92. The Morgan fingerprint density at radius 1 is 0.971 bits per heavy atom. The smallest absolute Gasteiger partial charge is 0.248 e. The van der Waals surface area contributed by atoms with Gasteiger partial charge in [0.2, 0.25) is 5.91 Å². The predicted octanol–water partition coefficient (Wildman–Crippen LogP) is 4.07. The van der Waals surface area contributed by atoms with Gasteiger partial charge in [-0.2, -0.15) is 0 Å². The normalized spacial score (nSPS) is 14.2. The number of piperazine rings is 1. The maximum Gasteiger partial charge on any atom is 0.248 e. The molecule has 0 saturated carbocycles. The predicted molar refractivity (Wildman–Crippen MR) is 135 cm³/mol. The lowest BCUT2D eigenvalue weighted by Gasteiger charge is -2.35. The number of anilines is 2. The first kappa shape index (κ1) is 23.3. The van der Waals surface area contributed by atoms with Crippen LogP contribution in [0.3, 0.4) is 0 Å². The summed E-state index contributed by atoms with van der Waals surface area (Å²) in [5.41, 5.74) is 2.83. The first-order chi connectivity index (χ1) is 16.6. The van der Waals surface area contributed by atoms with Crippen LogP contribution < -0.4 is 19.7 Å². The summed E-state index contributed by atoms with van der Waals surface area (Å²) >= 11 is 0. The third kappa shape index (κ3) is 6.36. The zero-order chi connectivity index (χ0) is 23.8. The first-order valence-electron chi connectivity index (χ1n) is 11.3. The van der Waals surface area contributed by atoms with Crippen molar-refractivity contribution in [1.82, 2.24) is 9.88 Å². The Labute approximate surface area is 200 Å². The SMILES string of the molecule is COc1cc(CN2CCN(c3ccc(NC(=O)/C=C/c4ccccc4)cn3)CC2)cc(OC)c1. The first-order valence-corrected chi connectivity index (χ1v) is 11.3. The van der Waals surface area contributed by atoms with Gasteiger partial charge in [-0.15, -0.1) is 0 Å². The van der Waals surface area contributed by atoms with Crippen LogP contribution in [-0.2, 0) is 11.3 Å². The van der Waals surface area contributed by atoms with Crippen LogP contribution in [0.5, 0.6) is 11.5 Å². The maximum atomic E-state index is 12.2. The van der Waals surface area contributed by atoms with Gasteiger partial charge in [-0.3, -0.25) is 9.69 Å². The largest absolute Gasteiger partial charge is 0.497 e. The minimum absolute atomic E-state index is 0.179. The molecule has 1 saturated heterocycles. The summed E-state index contributed by atoms with van der Waals surface area (Å²) in [5, 5.41) is 2.86. The second kappa shape index (κ2) is 11.3. The molecule has 3 aromatic rings. The Kier molecular flexibility index (Phi) is 7.78. The van der Waals surface area contributed by atoms with Gasteiger partial charge in [0.1, 0.15) is 17.3 Å². The second-order valence-electron chi connectivity index (χ2n) is 8.12. The van der Waals surface area contributed by atoms with Gasteiger partial charge in [0, 0.05) is 44.9 Å². The van der Waals surface area contributed by atoms with Crippen molar-refractivity contribution in [1.29, 1.82) is 0 Å². The Balaban J connectivity index is 1.28. The topological polar surface area (TPSA) is 66.9 Å². The number of aromatic nitrogens is 1. The van der Waals surface area contributed by atoms with E-state index in [-0.39, 0.29) is 5.91 Å². The van der Waals surface area contributed by atoms with E-state index in [1.165, 1.54) is 11.6 Å². The van der Waals surface area contributed by atoms with E-state index in [4.69, 9.17) is 9.47 Å². The summed E-state index contributed by atoms with van der Waals surface area (Å²) in [6, 6.07) is 19.6. The third-order valence-electron chi connectivity index (χ3n) is 5.76. The molecule has 1 fully saturated rings. The lowest BCUT2D eigenvalue weighted by atomic mass is 10.1. The molecule has 0 unspecified atom stereocenters. The Hall–Kier alpha value is -3.84. The highest BCUT2D eigenvalue weighted by Crippen LogP contribution is 2.24. The van der Waals surface area contributed by atoms with Gasteiger partial charge in [0.05, 0.1) is 26.1 Å². The highest BCUT2D eigenvalue weighted by molar-refractivity contribution is 6.01. The van der Waals surface area contributed by atoms with Crippen LogP contribution in [0.1, 0.15) is 11.1 Å². The molecule has 34 heavy (non-hydrogen) atoms. The van der Waals surface area contributed by atoms with Crippen molar-refractivity contribution >= 4 is 23.5 Å². The van der Waals surface area contributed by atoms with E-state index in [0.29, 0.717) is 5.69 Å². The molecule has 0 radical (unpaired) electrons. The van der Waals surface area contributed by atoms with Crippen LogP contribution in [0.15, 0.2) is 72.9 Å². The molecule has 1 aliphatic rings. The summed E-state index contributed by atoms with van der Waals surface area (Å²) in [6.45, 7) is 4.49. The number of methoxy groups -OCH3 is 2. The molecule has 2 aromatic carbocycles. The van der Waals surface area contributed by atoms with Gasteiger partial charge in [-0.1, -0.05) is 30.3 Å². The number of benzene rings is 2. The van der Waals surface area contributed by atoms with Crippen molar-refractivity contribution in [3.63, 3.8) is 0 Å². The molecule has 0 bridgehead atoms. The molecule has 1 amide bonds. The van der Waals surface area contributed by atoms with Crippen molar-refractivity contribution in [2.24, 2.45) is 0 Å². The molecule has 0 atom stereocenters. The van der Waals surface area contributed by atoms with Crippen LogP contribution in [0.2, 0.25) is 0 Å². The molecule has 7 nitrogen and oxygen atoms in total. The number of hydrogen-bond donors (Lipinski definition) is 1. The number of ether oxygens (including phenoxy) is 2.